The van der Waals surface area contributed by atoms with Gasteiger partial charge in [-0.05, 0) is 79.9 Å². The molecule has 0 fully saturated rings. The second kappa shape index (κ2) is 39.2. The topological polar surface area (TPSA) is 251 Å². The lowest BCUT2D eigenvalue weighted by Gasteiger charge is -2.18. The zero-order chi connectivity index (χ0) is 46.5. The van der Waals surface area contributed by atoms with Crippen molar-refractivity contribution in [3.63, 3.8) is 0 Å². The van der Waals surface area contributed by atoms with Gasteiger partial charge in [0.2, 0.25) is 35.4 Å². The lowest BCUT2D eigenvalue weighted by atomic mass is 10.1. The Morgan fingerprint density at radius 1 is 0.525 bits per heavy atom. The van der Waals surface area contributed by atoms with E-state index in [0.717, 1.165) is 19.3 Å². The first kappa shape index (κ1) is 61.4. The number of alkyl carbamates (subject to hydrolysis) is 2. The van der Waals surface area contributed by atoms with Gasteiger partial charge in [-0.2, -0.15) is 11.8 Å². The van der Waals surface area contributed by atoms with Gasteiger partial charge >= 0.3 is 12.2 Å². The predicted molar refractivity (Wildman–Crippen MR) is 235 cm³/mol. The van der Waals surface area contributed by atoms with Gasteiger partial charge in [0.1, 0.15) is 19.1 Å². The van der Waals surface area contributed by atoms with Crippen LogP contribution in [0.15, 0.2) is 0 Å². The van der Waals surface area contributed by atoms with E-state index in [4.69, 9.17) is 9.47 Å². The summed E-state index contributed by atoms with van der Waals surface area (Å²) in [5, 5.41) is 20.7. The van der Waals surface area contributed by atoms with Gasteiger partial charge in [0.15, 0.2) is 0 Å². The van der Waals surface area contributed by atoms with Crippen LogP contribution in [0.25, 0.3) is 0 Å². The monoisotopic (exact) mass is 865 g/mol. The minimum absolute atomic E-state index is 0.0409. The molecule has 8 amide bonds. The Labute approximate surface area is 358 Å². The highest BCUT2D eigenvalue weighted by Gasteiger charge is 2.19. The number of carbonyl (C=O) groups excluding carboxylic acids is 8. The highest BCUT2D eigenvalue weighted by Crippen LogP contribution is 2.05. The van der Waals surface area contributed by atoms with E-state index in [9.17, 15) is 38.4 Å². The molecule has 0 radical (unpaired) electrons. The third kappa shape index (κ3) is 48.0. The Kier molecular flexibility index (Phi) is 40.8. The summed E-state index contributed by atoms with van der Waals surface area (Å²) in [6.45, 7) is 27.1. The molecule has 0 aliphatic carbocycles. The van der Waals surface area contributed by atoms with Gasteiger partial charge < -0.3 is 52.0 Å². The molecule has 0 heterocycles. The molecule has 0 saturated carbocycles. The molecule has 18 nitrogen and oxygen atoms in total. The molecule has 8 N–H and O–H groups in total. The van der Waals surface area contributed by atoms with Crippen LogP contribution in [0.4, 0.5) is 9.59 Å². The summed E-state index contributed by atoms with van der Waals surface area (Å²) < 4.78 is 9.64. The maximum atomic E-state index is 11.5. The second-order valence-electron chi connectivity index (χ2n) is 15.0. The fourth-order valence-electron chi connectivity index (χ4n) is 3.75. The summed E-state index contributed by atoms with van der Waals surface area (Å²) in [4.78, 5) is 89.1. The third-order valence-electron chi connectivity index (χ3n) is 6.90. The van der Waals surface area contributed by atoms with E-state index < -0.39 is 18.2 Å². The van der Waals surface area contributed by atoms with Crippen LogP contribution in [0, 0.1) is 11.8 Å². The van der Waals surface area contributed by atoms with Crippen LogP contribution in [-0.4, -0.2) is 123 Å². The van der Waals surface area contributed by atoms with Crippen molar-refractivity contribution in [2.75, 3.05) is 44.9 Å². The van der Waals surface area contributed by atoms with Crippen LogP contribution in [0.1, 0.15) is 123 Å². The maximum Gasteiger partial charge on any atom is 0.407 e. The van der Waals surface area contributed by atoms with Crippen LogP contribution in [-0.2, 0) is 38.2 Å². The lowest BCUT2D eigenvalue weighted by molar-refractivity contribution is -0.127. The third-order valence-corrected chi connectivity index (χ3v) is 7.57. The Morgan fingerprint density at radius 3 is 1.29 bits per heavy atom. The quantitative estimate of drug-likeness (QED) is 0.0784. The number of hydrogen-bond donors (Lipinski definition) is 8. The number of nitrogens with one attached hydrogen (secondary N) is 8. The highest BCUT2D eigenvalue weighted by molar-refractivity contribution is 7.98. The molecule has 0 spiro atoms. The number of amides is 8. The summed E-state index contributed by atoms with van der Waals surface area (Å²) in [6, 6.07) is -0.0594. The second-order valence-corrected chi connectivity index (χ2v) is 15.9. The van der Waals surface area contributed by atoms with Crippen molar-refractivity contribution in [2.24, 2.45) is 11.8 Å². The van der Waals surface area contributed by atoms with Crippen LogP contribution >= 0.6 is 11.8 Å². The normalized spacial score (nSPS) is 11.6. The maximum absolute atomic E-state index is 11.5. The van der Waals surface area contributed by atoms with Crippen LogP contribution in [0.2, 0.25) is 0 Å². The first-order chi connectivity index (χ1) is 27.4. The largest absolute Gasteiger partial charge is 0.450 e. The van der Waals surface area contributed by atoms with Gasteiger partial charge in [-0.15, -0.1) is 0 Å². The Bertz CT molecular complexity index is 1210. The predicted octanol–water partition coefficient (Wildman–Crippen LogP) is 3.37. The molecule has 0 aromatic rings. The number of thioether (sulfide) groups is 1. The van der Waals surface area contributed by atoms with Gasteiger partial charge in [0.05, 0.1) is 19.8 Å². The standard InChI is InChI=1S/C11H22N2O3.C11H22N2O2.C9H18N2O3.C9H18N2O2S/c1-5-9(4)7-16-11(15)12-6-10(14)13-8(2)3;1-5-9(4)6-10(14)12-7-11(15)13-8(2)3;1-4-5-14-9(13)10-6-8(12)11-7(2)3;1-6(2)10-9(13)8(5-14-4)11-7(3)12/h8-9H,5-7H2,1-4H3,(H,12,15)(H,13,14);8-9H,5-7H2,1-4H3,(H,12,14)(H,13,15);7H,4-6H2,1-3H3,(H,10,13)(H,11,12);6,8H,5H2,1-4H3,(H,10,13)(H,11,12). The molecule has 346 valence electrons. The first-order valence-corrected chi connectivity index (χ1v) is 21.9. The molecule has 0 aliphatic heterocycles. The molecular weight excluding hydrogens is 785 g/mol. The molecule has 0 aromatic carbocycles. The number of rotatable bonds is 22. The number of hydrogen-bond acceptors (Lipinski definition) is 11. The smallest absolute Gasteiger partial charge is 0.407 e. The average Bonchev–Trinajstić information content (AvgIpc) is 3.12. The van der Waals surface area contributed by atoms with E-state index in [1.54, 1.807) is 0 Å². The van der Waals surface area contributed by atoms with Gasteiger partial charge in [-0.25, -0.2) is 9.59 Å². The van der Waals surface area contributed by atoms with Gasteiger partial charge in [-0.3, -0.25) is 28.8 Å². The Balaban J connectivity index is -0.000000342. The minimum Gasteiger partial charge on any atom is -0.450 e. The molecule has 59 heavy (non-hydrogen) atoms. The van der Waals surface area contributed by atoms with Crippen molar-refractivity contribution < 1.29 is 47.8 Å². The average molecular weight is 865 g/mol. The Hall–Kier alpha value is -4.29. The summed E-state index contributed by atoms with van der Waals surface area (Å²) in [6.07, 6.45) is 4.01. The summed E-state index contributed by atoms with van der Waals surface area (Å²) in [5.74, 6) is 0.397. The summed E-state index contributed by atoms with van der Waals surface area (Å²) >= 11 is 1.53. The van der Waals surface area contributed by atoms with Gasteiger partial charge in [0.25, 0.3) is 0 Å². The van der Waals surface area contributed by atoms with Crippen molar-refractivity contribution in [3.05, 3.63) is 0 Å². The Morgan fingerprint density at radius 2 is 0.932 bits per heavy atom. The zero-order valence-electron chi connectivity index (χ0n) is 38.6. The van der Waals surface area contributed by atoms with Gasteiger partial charge in [0, 0.05) is 43.3 Å². The molecular formula is C40H80N8O10S. The van der Waals surface area contributed by atoms with E-state index in [1.165, 1.54) is 18.7 Å². The molecule has 19 heteroatoms. The van der Waals surface area contributed by atoms with Crippen molar-refractivity contribution in [1.82, 2.24) is 42.5 Å². The van der Waals surface area contributed by atoms with Crippen molar-refractivity contribution >= 4 is 59.4 Å². The van der Waals surface area contributed by atoms with E-state index >= 15 is 0 Å². The van der Waals surface area contributed by atoms with Crippen molar-refractivity contribution in [3.8, 4) is 0 Å². The molecule has 0 rings (SSSR count). The fourth-order valence-corrected chi connectivity index (χ4v) is 4.32. The molecule has 0 saturated heterocycles. The van der Waals surface area contributed by atoms with Crippen LogP contribution in [0.3, 0.4) is 0 Å². The van der Waals surface area contributed by atoms with E-state index in [0.29, 0.717) is 37.2 Å². The molecule has 0 aromatic heterocycles. The van der Waals surface area contributed by atoms with Crippen molar-refractivity contribution in [1.29, 1.82) is 0 Å². The van der Waals surface area contributed by atoms with E-state index in [1.807, 2.05) is 96.3 Å². The molecule has 3 atom stereocenters. The van der Waals surface area contributed by atoms with Crippen LogP contribution in [0.5, 0.6) is 0 Å². The summed E-state index contributed by atoms with van der Waals surface area (Å²) in [7, 11) is 0. The SMILES string of the molecule is CCC(C)CC(=O)NCC(=O)NC(C)C.CCC(C)COC(=O)NCC(=O)NC(C)C.CCCOC(=O)NCC(=O)NC(C)C.CSCC(NC(C)=O)C(=O)NC(C)C. The highest BCUT2D eigenvalue weighted by atomic mass is 32.2. The number of ether oxygens (including phenoxy) is 2. The van der Waals surface area contributed by atoms with Crippen molar-refractivity contribution in [2.45, 2.75) is 153 Å². The van der Waals surface area contributed by atoms with E-state index in [2.05, 4.69) is 42.5 Å². The summed E-state index contributed by atoms with van der Waals surface area (Å²) in [5.41, 5.74) is 0. The minimum atomic E-state index is -0.550. The first-order valence-electron chi connectivity index (χ1n) is 20.5. The molecule has 0 bridgehead atoms. The zero-order valence-corrected chi connectivity index (χ0v) is 39.4. The van der Waals surface area contributed by atoms with E-state index in [-0.39, 0.29) is 79.2 Å². The fraction of sp³-hybridized carbons (Fsp3) is 0.800. The number of carbonyl (C=O) groups is 8. The van der Waals surface area contributed by atoms with Crippen LogP contribution < -0.4 is 42.5 Å². The molecule has 0 aliphatic rings. The lowest BCUT2D eigenvalue weighted by Crippen LogP contribution is -2.49. The van der Waals surface area contributed by atoms with Gasteiger partial charge in [-0.1, -0.05) is 47.5 Å². The molecule has 3 unspecified atom stereocenters.